The van der Waals surface area contributed by atoms with Crippen LogP contribution >= 0.6 is 0 Å². The van der Waals surface area contributed by atoms with Gasteiger partial charge in [-0.1, -0.05) is 42.7 Å². The Morgan fingerprint density at radius 2 is 2.00 bits per heavy atom. The molecule has 0 saturated heterocycles. The number of aliphatic imine (C=N–C) groups is 1. The van der Waals surface area contributed by atoms with Crippen LogP contribution in [0.3, 0.4) is 0 Å². The van der Waals surface area contributed by atoms with E-state index in [1.165, 1.54) is 5.56 Å². The van der Waals surface area contributed by atoms with Crippen molar-refractivity contribution in [3.05, 3.63) is 46.0 Å². The average Bonchev–Trinajstić information content (AvgIpc) is 2.53. The summed E-state index contributed by atoms with van der Waals surface area (Å²) < 4.78 is 0. The minimum absolute atomic E-state index is 0.0219. The molecule has 0 aromatic heterocycles. The van der Waals surface area contributed by atoms with E-state index in [0.717, 1.165) is 25.9 Å². The molecule has 9 nitrogen and oxygen atoms in total. The Hall–Kier alpha value is -2.23. The molecule has 1 atom stereocenters. The number of rotatable bonds is 9. The van der Waals surface area contributed by atoms with Gasteiger partial charge in [-0.2, -0.15) is 0 Å². The summed E-state index contributed by atoms with van der Waals surface area (Å²) in [7, 11) is 0. The van der Waals surface area contributed by atoms with Crippen LogP contribution in [0.4, 0.5) is 0 Å². The number of hydrogen-bond donors (Lipinski definition) is 5. The maximum atomic E-state index is 10.1. The van der Waals surface area contributed by atoms with Crippen molar-refractivity contribution in [2.45, 2.75) is 32.4 Å². The van der Waals surface area contributed by atoms with E-state index < -0.39 is 5.03 Å². The molecule has 0 heterocycles. The van der Waals surface area contributed by atoms with E-state index in [1.54, 1.807) is 5.43 Å². The van der Waals surface area contributed by atoms with E-state index in [4.69, 9.17) is 17.2 Å². The van der Waals surface area contributed by atoms with Crippen LogP contribution in [0.2, 0.25) is 0 Å². The largest absolute Gasteiger partial charge is 0.365 e. The van der Waals surface area contributed by atoms with Crippen LogP contribution in [-0.2, 0) is 6.54 Å². The van der Waals surface area contributed by atoms with Crippen LogP contribution in [0.25, 0.3) is 0 Å². The summed E-state index contributed by atoms with van der Waals surface area (Å²) in [6, 6.07) is 10.1. The van der Waals surface area contributed by atoms with Crippen molar-refractivity contribution in [3.63, 3.8) is 0 Å². The zero-order chi connectivity index (χ0) is 18.2. The molecular weight excluding hydrogens is 310 g/mol. The summed E-state index contributed by atoms with van der Waals surface area (Å²) in [6.07, 6.45) is 1.51. The summed E-state index contributed by atoms with van der Waals surface area (Å²) in [5.41, 5.74) is 19.1. The highest BCUT2D eigenvalue weighted by molar-refractivity contribution is 5.76. The van der Waals surface area contributed by atoms with Gasteiger partial charge in [0.25, 0.3) is 5.96 Å². The number of guanidine groups is 1. The molecule has 1 aromatic carbocycles. The molecular formula is C15H29N7O2. The first-order valence-corrected chi connectivity index (χ1v) is 7.90. The minimum Gasteiger partial charge on any atom is -0.365 e. The molecule has 9 heteroatoms. The van der Waals surface area contributed by atoms with E-state index in [-0.39, 0.29) is 12.0 Å². The summed E-state index contributed by atoms with van der Waals surface area (Å²) in [5, 5.41) is 12.6. The Bertz CT molecular complexity index is 468. The number of hydrogen-bond acceptors (Lipinski definition) is 6. The Kier molecular flexibility index (Phi) is 13.0. The van der Waals surface area contributed by atoms with Gasteiger partial charge in [0.1, 0.15) is 0 Å². The third kappa shape index (κ3) is 13.4. The van der Waals surface area contributed by atoms with E-state index in [1.807, 2.05) is 25.1 Å². The molecule has 8 N–H and O–H groups in total. The van der Waals surface area contributed by atoms with Gasteiger partial charge in [0.05, 0.1) is 0 Å². The van der Waals surface area contributed by atoms with Gasteiger partial charge in [0, 0.05) is 25.7 Å². The second-order valence-corrected chi connectivity index (χ2v) is 5.06. The fraction of sp³-hybridized carbons (Fsp3) is 0.533. The molecule has 0 spiro atoms. The molecule has 0 amide bonds. The SMILES string of the molecule is CCN.NC(=NCCC[C@H](N)CNCc1ccccc1)N[N+](=O)[O-]. The minimum atomic E-state index is -0.738. The van der Waals surface area contributed by atoms with Crippen LogP contribution in [0.15, 0.2) is 35.3 Å². The number of benzene rings is 1. The van der Waals surface area contributed by atoms with Crippen molar-refractivity contribution in [2.24, 2.45) is 22.2 Å². The fourth-order valence-corrected chi connectivity index (χ4v) is 1.78. The average molecular weight is 339 g/mol. The second-order valence-electron chi connectivity index (χ2n) is 5.06. The van der Waals surface area contributed by atoms with Crippen molar-refractivity contribution >= 4 is 5.96 Å². The number of nitro groups is 1. The van der Waals surface area contributed by atoms with E-state index in [2.05, 4.69) is 22.4 Å². The van der Waals surface area contributed by atoms with Gasteiger partial charge in [-0.15, -0.1) is 0 Å². The molecule has 1 rings (SSSR count). The van der Waals surface area contributed by atoms with E-state index >= 15 is 0 Å². The van der Waals surface area contributed by atoms with Crippen molar-refractivity contribution < 1.29 is 5.03 Å². The third-order valence-corrected chi connectivity index (χ3v) is 2.80. The number of hydrazine groups is 1. The maximum Gasteiger partial charge on any atom is 0.251 e. The molecule has 0 radical (unpaired) electrons. The summed E-state index contributed by atoms with van der Waals surface area (Å²) in [5.74, 6) is -0.184. The number of nitrogens with one attached hydrogen (secondary N) is 2. The van der Waals surface area contributed by atoms with Gasteiger partial charge in [-0.25, -0.2) is 15.1 Å². The maximum absolute atomic E-state index is 10.1. The lowest BCUT2D eigenvalue weighted by molar-refractivity contribution is -0.525. The summed E-state index contributed by atoms with van der Waals surface area (Å²) >= 11 is 0. The Labute approximate surface area is 142 Å². The fourth-order valence-electron chi connectivity index (χ4n) is 1.78. The Morgan fingerprint density at radius 3 is 2.58 bits per heavy atom. The van der Waals surface area contributed by atoms with Crippen LogP contribution in [0, 0.1) is 10.1 Å². The van der Waals surface area contributed by atoms with E-state index in [0.29, 0.717) is 13.1 Å². The van der Waals surface area contributed by atoms with Crippen molar-refractivity contribution in [3.8, 4) is 0 Å². The molecule has 0 aliphatic heterocycles. The van der Waals surface area contributed by atoms with Gasteiger partial charge in [-0.05, 0) is 24.9 Å². The molecule has 0 fully saturated rings. The Morgan fingerprint density at radius 1 is 1.38 bits per heavy atom. The zero-order valence-electron chi connectivity index (χ0n) is 14.1. The monoisotopic (exact) mass is 339 g/mol. The summed E-state index contributed by atoms with van der Waals surface area (Å²) in [4.78, 5) is 13.9. The van der Waals surface area contributed by atoms with Crippen molar-refractivity contribution in [1.82, 2.24) is 10.7 Å². The lowest BCUT2D eigenvalue weighted by Gasteiger charge is -2.12. The lowest BCUT2D eigenvalue weighted by atomic mass is 10.1. The predicted molar refractivity (Wildman–Crippen MR) is 96.7 cm³/mol. The molecule has 136 valence electrons. The molecule has 24 heavy (non-hydrogen) atoms. The number of nitrogens with zero attached hydrogens (tertiary/aromatic N) is 2. The molecule has 0 aliphatic carbocycles. The first-order chi connectivity index (χ1) is 11.5. The molecule has 0 bridgehead atoms. The normalized spacial score (nSPS) is 12.0. The smallest absolute Gasteiger partial charge is 0.251 e. The predicted octanol–water partition coefficient (Wildman–Crippen LogP) is -0.0553. The van der Waals surface area contributed by atoms with Crippen LogP contribution in [0.1, 0.15) is 25.3 Å². The Balaban J connectivity index is 0.00000163. The van der Waals surface area contributed by atoms with Gasteiger partial charge in [-0.3, -0.25) is 0 Å². The van der Waals surface area contributed by atoms with Gasteiger partial charge in [0.2, 0.25) is 0 Å². The van der Waals surface area contributed by atoms with Crippen molar-refractivity contribution in [1.29, 1.82) is 0 Å². The lowest BCUT2D eigenvalue weighted by Crippen LogP contribution is -2.36. The quantitative estimate of drug-likeness (QED) is 0.139. The third-order valence-electron chi connectivity index (χ3n) is 2.80. The topological polar surface area (TPSA) is 158 Å². The zero-order valence-corrected chi connectivity index (χ0v) is 14.1. The van der Waals surface area contributed by atoms with Crippen LogP contribution in [0.5, 0.6) is 0 Å². The first kappa shape index (κ1) is 21.8. The van der Waals surface area contributed by atoms with Crippen LogP contribution in [-0.4, -0.2) is 36.7 Å². The van der Waals surface area contributed by atoms with Gasteiger partial charge >= 0.3 is 0 Å². The second kappa shape index (κ2) is 14.4. The molecule has 0 saturated carbocycles. The van der Waals surface area contributed by atoms with Crippen molar-refractivity contribution in [2.75, 3.05) is 19.6 Å². The van der Waals surface area contributed by atoms with E-state index in [9.17, 15) is 10.1 Å². The highest BCUT2D eigenvalue weighted by Crippen LogP contribution is 1.98. The molecule has 0 aliphatic rings. The van der Waals surface area contributed by atoms with Gasteiger partial charge < -0.3 is 22.5 Å². The first-order valence-electron chi connectivity index (χ1n) is 7.90. The highest BCUT2D eigenvalue weighted by Gasteiger charge is 2.03. The number of nitrogens with two attached hydrogens (primary N) is 3. The van der Waals surface area contributed by atoms with Gasteiger partial charge in [0.15, 0.2) is 5.03 Å². The highest BCUT2D eigenvalue weighted by atomic mass is 16.7. The van der Waals surface area contributed by atoms with Crippen LogP contribution < -0.4 is 27.9 Å². The summed E-state index contributed by atoms with van der Waals surface area (Å²) in [6.45, 7) is 4.56. The standard InChI is InChI=1S/C13H22N6O2.C2H7N/c14-12(7-4-8-17-13(15)18-19(20)21)10-16-9-11-5-2-1-3-6-11;1-2-3/h1-3,5-6,12,16H,4,7-10,14H2,(H3,15,17,18);2-3H2,1H3/t12-;/m0./s1. The molecule has 0 unspecified atom stereocenters. The molecule has 1 aromatic rings.